The lowest BCUT2D eigenvalue weighted by Crippen LogP contribution is -2.52. The second-order valence-corrected chi connectivity index (χ2v) is 9.05. The van der Waals surface area contributed by atoms with Crippen LogP contribution in [-0.2, 0) is 19.1 Å². The molecule has 2 heterocycles. The molecule has 5 atom stereocenters. The maximum atomic E-state index is 12.8. The number of amides is 2. The van der Waals surface area contributed by atoms with Crippen LogP contribution in [0.4, 0.5) is 5.82 Å². The van der Waals surface area contributed by atoms with Crippen molar-refractivity contribution in [1.82, 2.24) is 20.2 Å². The quantitative estimate of drug-likeness (QED) is 0.0878. The fourth-order valence-electron chi connectivity index (χ4n) is 3.68. The van der Waals surface area contributed by atoms with E-state index >= 15 is 0 Å². The normalized spacial score (nSPS) is 20.6. The molecule has 15 nitrogen and oxygen atoms in total. The highest BCUT2D eigenvalue weighted by atomic mass is 16.5. The Morgan fingerprint density at radius 1 is 1.27 bits per heavy atom. The minimum absolute atomic E-state index is 0.00705. The average Bonchev–Trinajstić information content (AvgIpc) is 2.78. The van der Waals surface area contributed by atoms with Gasteiger partial charge < -0.3 is 43.4 Å². The molecule has 5 unspecified atom stereocenters. The van der Waals surface area contributed by atoms with Gasteiger partial charge in [0, 0.05) is 25.2 Å². The van der Waals surface area contributed by atoms with Gasteiger partial charge in [0.25, 0.3) is 0 Å². The van der Waals surface area contributed by atoms with Gasteiger partial charge in [-0.05, 0) is 30.9 Å². The van der Waals surface area contributed by atoms with E-state index < -0.39 is 53.9 Å². The Balaban J connectivity index is 2.11. The summed E-state index contributed by atoms with van der Waals surface area (Å²) in [6.07, 6.45) is 2.09. The number of nitrogens with one attached hydrogen (secondary N) is 2. The van der Waals surface area contributed by atoms with E-state index in [0.717, 1.165) is 4.57 Å². The zero-order chi connectivity index (χ0) is 27.7. The third-order valence-corrected chi connectivity index (χ3v) is 5.40. The summed E-state index contributed by atoms with van der Waals surface area (Å²) in [7, 11) is 0. The summed E-state index contributed by atoms with van der Waals surface area (Å²) in [6, 6.07) is -1.11. The molecule has 0 bridgehead atoms. The van der Waals surface area contributed by atoms with Gasteiger partial charge in [0.2, 0.25) is 11.8 Å². The van der Waals surface area contributed by atoms with E-state index in [1.807, 2.05) is 13.8 Å². The molecule has 1 aromatic heterocycles. The van der Waals surface area contributed by atoms with E-state index in [-0.39, 0.29) is 37.1 Å². The largest absolute Gasteiger partial charge is 0.479 e. The van der Waals surface area contributed by atoms with Crippen LogP contribution in [-0.4, -0.2) is 69.2 Å². The molecule has 37 heavy (non-hydrogen) atoms. The summed E-state index contributed by atoms with van der Waals surface area (Å²) in [4.78, 5) is 56.8. The SMILES string of the molecule is CC(C)CC(N)C(=O)NC(CCN=C(N)N)CC(=O)NC1C=CC(n2ccc(N)nc2=O)OC1C(=O)O. The number of rotatable bonds is 12. The van der Waals surface area contributed by atoms with E-state index in [4.69, 9.17) is 27.7 Å². The third kappa shape index (κ3) is 9.20. The molecule has 2 amide bonds. The Kier molecular flexibility index (Phi) is 10.6. The molecule has 0 radical (unpaired) electrons. The summed E-state index contributed by atoms with van der Waals surface area (Å²) in [6.45, 7) is 4.01. The number of carboxylic acids is 1. The number of carbonyl (C=O) groups is 3. The number of carbonyl (C=O) groups excluding carboxylic acids is 2. The fourth-order valence-corrected chi connectivity index (χ4v) is 3.68. The molecule has 1 aliphatic heterocycles. The van der Waals surface area contributed by atoms with Crippen LogP contribution in [0.5, 0.6) is 0 Å². The molecule has 15 heteroatoms. The van der Waals surface area contributed by atoms with E-state index in [0.29, 0.717) is 6.42 Å². The average molecular weight is 522 g/mol. The van der Waals surface area contributed by atoms with Crippen LogP contribution in [0.3, 0.4) is 0 Å². The highest BCUT2D eigenvalue weighted by Crippen LogP contribution is 2.21. The highest BCUT2D eigenvalue weighted by Gasteiger charge is 2.35. The first-order valence-corrected chi connectivity index (χ1v) is 11.7. The number of carboxylic acid groups (broad SMARTS) is 1. The van der Waals surface area contributed by atoms with Gasteiger partial charge in [0.15, 0.2) is 18.3 Å². The molecular weight excluding hydrogens is 486 g/mol. The maximum absolute atomic E-state index is 12.8. The number of aliphatic carboxylic acids is 1. The number of hydrogen-bond donors (Lipinski definition) is 7. The van der Waals surface area contributed by atoms with Crippen molar-refractivity contribution in [2.45, 2.75) is 63.6 Å². The van der Waals surface area contributed by atoms with Crippen LogP contribution in [0.25, 0.3) is 0 Å². The molecule has 0 saturated heterocycles. The lowest BCUT2D eigenvalue weighted by Gasteiger charge is -2.31. The van der Waals surface area contributed by atoms with Crippen molar-refractivity contribution in [2.24, 2.45) is 28.1 Å². The van der Waals surface area contributed by atoms with Crippen LogP contribution in [0.2, 0.25) is 0 Å². The van der Waals surface area contributed by atoms with Crippen LogP contribution in [0.15, 0.2) is 34.2 Å². The van der Waals surface area contributed by atoms with Crippen molar-refractivity contribution in [3.63, 3.8) is 0 Å². The summed E-state index contributed by atoms with van der Waals surface area (Å²) >= 11 is 0. The van der Waals surface area contributed by atoms with Gasteiger partial charge in [0.1, 0.15) is 5.82 Å². The van der Waals surface area contributed by atoms with Gasteiger partial charge in [0.05, 0.1) is 12.1 Å². The number of nitrogen functional groups attached to an aromatic ring is 1. The van der Waals surface area contributed by atoms with Crippen LogP contribution in [0.1, 0.15) is 39.3 Å². The monoisotopic (exact) mass is 521 g/mol. The number of aromatic nitrogens is 2. The molecule has 0 fully saturated rings. The topological polar surface area (TPSA) is 256 Å². The van der Waals surface area contributed by atoms with Gasteiger partial charge in [-0.15, -0.1) is 0 Å². The Morgan fingerprint density at radius 3 is 2.57 bits per heavy atom. The predicted octanol–water partition coefficient (Wildman–Crippen LogP) is -2.24. The van der Waals surface area contributed by atoms with E-state index in [1.54, 1.807) is 0 Å². The summed E-state index contributed by atoms with van der Waals surface area (Å²) < 4.78 is 6.61. The van der Waals surface area contributed by atoms with Crippen LogP contribution < -0.4 is 39.3 Å². The molecule has 0 aliphatic carbocycles. The zero-order valence-electron chi connectivity index (χ0n) is 20.7. The first-order chi connectivity index (χ1) is 17.4. The molecular formula is C22H35N9O6. The fraction of sp³-hybridized carbons (Fsp3) is 0.545. The first-order valence-electron chi connectivity index (χ1n) is 11.7. The third-order valence-electron chi connectivity index (χ3n) is 5.40. The summed E-state index contributed by atoms with van der Waals surface area (Å²) in [5.74, 6) is -2.27. The zero-order valence-corrected chi connectivity index (χ0v) is 20.7. The molecule has 1 aromatic rings. The molecule has 204 valence electrons. The van der Waals surface area contributed by atoms with Gasteiger partial charge in [-0.3, -0.25) is 19.1 Å². The Bertz CT molecular complexity index is 1080. The number of guanidine groups is 1. The van der Waals surface area contributed by atoms with Crippen molar-refractivity contribution >= 4 is 29.6 Å². The molecule has 0 aromatic carbocycles. The standard InChI is InChI=1S/C22H35N9O6/c1-11(2)9-13(23)19(33)28-12(5-7-27-21(25)26)10-16(32)29-14-3-4-17(37-18(14)20(34)35)31-8-6-15(24)30-22(31)36/h3-4,6,8,11-14,17-18H,5,7,9-10,23H2,1-2H3,(H,28,33)(H,29,32)(H,34,35)(H2,24,30,36)(H4,25,26,27). The van der Waals surface area contributed by atoms with E-state index in [1.165, 1.54) is 24.4 Å². The van der Waals surface area contributed by atoms with E-state index in [2.05, 4.69) is 20.6 Å². The minimum Gasteiger partial charge on any atom is -0.479 e. The number of ether oxygens (including phenoxy) is 1. The molecule has 0 saturated carbocycles. The molecule has 0 spiro atoms. The predicted molar refractivity (Wildman–Crippen MR) is 135 cm³/mol. The van der Waals surface area contributed by atoms with Gasteiger partial charge in [-0.25, -0.2) is 9.59 Å². The Morgan fingerprint density at radius 2 is 1.97 bits per heavy atom. The lowest BCUT2D eigenvalue weighted by atomic mass is 10.0. The summed E-state index contributed by atoms with van der Waals surface area (Å²) in [5, 5.41) is 15.0. The van der Waals surface area contributed by atoms with Crippen molar-refractivity contribution in [1.29, 1.82) is 0 Å². The lowest BCUT2D eigenvalue weighted by molar-refractivity contribution is -0.159. The Labute approximate surface area is 213 Å². The second kappa shape index (κ2) is 13.4. The van der Waals surface area contributed by atoms with Crippen molar-refractivity contribution < 1.29 is 24.2 Å². The maximum Gasteiger partial charge on any atom is 0.351 e. The second-order valence-electron chi connectivity index (χ2n) is 9.05. The first kappa shape index (κ1) is 29.3. The van der Waals surface area contributed by atoms with Crippen LogP contribution in [0, 0.1) is 5.92 Å². The number of nitrogens with two attached hydrogens (primary N) is 4. The smallest absolute Gasteiger partial charge is 0.351 e. The highest BCUT2D eigenvalue weighted by molar-refractivity contribution is 5.84. The molecule has 2 rings (SSSR count). The van der Waals surface area contributed by atoms with E-state index in [9.17, 15) is 24.3 Å². The summed E-state index contributed by atoms with van der Waals surface area (Å²) in [5.41, 5.74) is 21.4. The van der Waals surface area contributed by atoms with Gasteiger partial charge in [-0.1, -0.05) is 19.9 Å². The number of hydrogen-bond acceptors (Lipinski definition) is 9. The van der Waals surface area contributed by atoms with Crippen molar-refractivity contribution in [2.75, 3.05) is 12.3 Å². The van der Waals surface area contributed by atoms with Gasteiger partial charge >= 0.3 is 11.7 Å². The van der Waals surface area contributed by atoms with Crippen molar-refractivity contribution in [3.8, 4) is 0 Å². The van der Waals surface area contributed by atoms with Crippen molar-refractivity contribution in [3.05, 3.63) is 34.9 Å². The molecule has 11 N–H and O–H groups in total. The number of nitrogens with zero attached hydrogens (tertiary/aromatic N) is 3. The number of anilines is 1. The minimum atomic E-state index is -1.50. The van der Waals surface area contributed by atoms with Gasteiger partial charge in [-0.2, -0.15) is 4.98 Å². The Hall–Kier alpha value is -3.98. The number of aliphatic imine (C=N–C) groups is 1. The molecule has 1 aliphatic rings. The van der Waals surface area contributed by atoms with Crippen LogP contribution >= 0.6 is 0 Å².